The Bertz CT molecular complexity index is 379. The lowest BCUT2D eigenvalue weighted by molar-refractivity contribution is 0.0600. The summed E-state index contributed by atoms with van der Waals surface area (Å²) in [5.74, 6) is 0.374. The van der Waals surface area contributed by atoms with Crippen LogP contribution in [0.15, 0.2) is 24.3 Å². The Kier molecular flexibility index (Phi) is 7.66. The van der Waals surface area contributed by atoms with Crippen molar-refractivity contribution in [2.75, 3.05) is 26.8 Å². The van der Waals surface area contributed by atoms with Crippen LogP contribution in [0.1, 0.15) is 36.5 Å². The highest BCUT2D eigenvalue weighted by molar-refractivity contribution is 5.89. The molecule has 106 valence electrons. The number of rotatable bonds is 9. The van der Waals surface area contributed by atoms with E-state index in [-0.39, 0.29) is 5.97 Å². The molecule has 0 aliphatic rings. The number of nitrogens with one attached hydrogen (secondary N) is 1. The van der Waals surface area contributed by atoms with Gasteiger partial charge in [0.2, 0.25) is 0 Å². The maximum Gasteiger partial charge on any atom is 0.337 e. The van der Waals surface area contributed by atoms with Gasteiger partial charge < -0.3 is 14.8 Å². The first-order chi connectivity index (χ1) is 9.27. The number of hydrogen-bond donors (Lipinski definition) is 1. The summed E-state index contributed by atoms with van der Waals surface area (Å²) in [7, 11) is 1.37. The Balaban J connectivity index is 2.24. The highest BCUT2D eigenvalue weighted by Gasteiger charge is 2.05. The molecule has 4 heteroatoms. The maximum absolute atomic E-state index is 11.4. The zero-order valence-electron chi connectivity index (χ0n) is 11.8. The van der Waals surface area contributed by atoms with Gasteiger partial charge in [-0.3, -0.25) is 0 Å². The minimum atomic E-state index is -0.339. The van der Waals surface area contributed by atoms with Crippen molar-refractivity contribution in [3.63, 3.8) is 0 Å². The Morgan fingerprint density at radius 3 is 2.84 bits per heavy atom. The summed E-state index contributed by atoms with van der Waals surface area (Å²) in [5, 5.41) is 3.35. The molecule has 0 aromatic heterocycles. The van der Waals surface area contributed by atoms with Crippen LogP contribution in [0.3, 0.4) is 0 Å². The molecular weight excluding hydrogens is 242 g/mol. The van der Waals surface area contributed by atoms with E-state index in [0.29, 0.717) is 17.9 Å². The van der Waals surface area contributed by atoms with E-state index < -0.39 is 0 Å². The largest absolute Gasteiger partial charge is 0.494 e. The Morgan fingerprint density at radius 1 is 1.26 bits per heavy atom. The molecule has 19 heavy (non-hydrogen) atoms. The summed E-state index contributed by atoms with van der Waals surface area (Å²) >= 11 is 0. The van der Waals surface area contributed by atoms with Crippen LogP contribution in [0.5, 0.6) is 5.75 Å². The van der Waals surface area contributed by atoms with E-state index in [4.69, 9.17) is 4.74 Å². The summed E-state index contributed by atoms with van der Waals surface area (Å²) < 4.78 is 10.3. The number of ether oxygens (including phenoxy) is 2. The van der Waals surface area contributed by atoms with Crippen molar-refractivity contribution in [1.29, 1.82) is 0 Å². The van der Waals surface area contributed by atoms with Crippen LogP contribution >= 0.6 is 0 Å². The van der Waals surface area contributed by atoms with Crippen molar-refractivity contribution >= 4 is 5.97 Å². The fraction of sp³-hybridized carbons (Fsp3) is 0.533. The zero-order chi connectivity index (χ0) is 13.9. The third-order valence-corrected chi connectivity index (χ3v) is 2.70. The average Bonchev–Trinajstić information content (AvgIpc) is 2.46. The van der Waals surface area contributed by atoms with Crippen LogP contribution in [-0.2, 0) is 4.74 Å². The molecule has 0 saturated carbocycles. The molecule has 0 aliphatic heterocycles. The predicted octanol–water partition coefficient (Wildman–Crippen LogP) is 2.63. The van der Waals surface area contributed by atoms with Gasteiger partial charge in [0.15, 0.2) is 0 Å². The standard InChI is InChI=1S/C15H23NO3/c1-3-9-16-10-4-5-11-19-14-8-6-7-13(12-14)15(17)18-2/h6-8,12,16H,3-5,9-11H2,1-2H3. The van der Waals surface area contributed by atoms with E-state index >= 15 is 0 Å². The second-order valence-electron chi connectivity index (χ2n) is 4.32. The molecule has 0 aliphatic carbocycles. The van der Waals surface area contributed by atoms with Crippen molar-refractivity contribution in [2.24, 2.45) is 0 Å². The number of methoxy groups -OCH3 is 1. The molecule has 0 radical (unpaired) electrons. The van der Waals surface area contributed by atoms with E-state index in [2.05, 4.69) is 17.0 Å². The SMILES string of the molecule is CCCNCCCCOc1cccc(C(=O)OC)c1. The van der Waals surface area contributed by atoms with Gasteiger partial charge in [0.05, 0.1) is 19.3 Å². The number of carbonyl (C=O) groups is 1. The molecule has 0 fully saturated rings. The fourth-order valence-corrected chi connectivity index (χ4v) is 1.67. The number of benzene rings is 1. The summed E-state index contributed by atoms with van der Waals surface area (Å²) in [6, 6.07) is 7.07. The topological polar surface area (TPSA) is 47.6 Å². The number of unbranched alkanes of at least 4 members (excludes halogenated alkanes) is 1. The Hall–Kier alpha value is -1.55. The Morgan fingerprint density at radius 2 is 2.11 bits per heavy atom. The number of hydrogen-bond acceptors (Lipinski definition) is 4. The lowest BCUT2D eigenvalue weighted by Crippen LogP contribution is -2.16. The van der Waals surface area contributed by atoms with Gasteiger partial charge in [-0.1, -0.05) is 13.0 Å². The van der Waals surface area contributed by atoms with Crippen LogP contribution in [0.2, 0.25) is 0 Å². The normalized spacial score (nSPS) is 10.2. The van der Waals surface area contributed by atoms with Crippen molar-refractivity contribution in [3.05, 3.63) is 29.8 Å². The maximum atomic E-state index is 11.4. The van der Waals surface area contributed by atoms with Crippen LogP contribution in [0, 0.1) is 0 Å². The van der Waals surface area contributed by atoms with Gasteiger partial charge in [-0.05, 0) is 50.6 Å². The first kappa shape index (κ1) is 15.5. The molecule has 1 aromatic carbocycles. The molecule has 0 saturated heterocycles. The molecular formula is C15H23NO3. The quantitative estimate of drug-likeness (QED) is 0.551. The van der Waals surface area contributed by atoms with Gasteiger partial charge in [0.1, 0.15) is 5.75 Å². The first-order valence-electron chi connectivity index (χ1n) is 6.79. The molecule has 0 atom stereocenters. The highest BCUT2D eigenvalue weighted by atomic mass is 16.5. The monoisotopic (exact) mass is 265 g/mol. The van der Waals surface area contributed by atoms with Crippen molar-refractivity contribution in [3.8, 4) is 5.75 Å². The minimum absolute atomic E-state index is 0.339. The Labute approximate surface area is 115 Å². The molecule has 1 aromatic rings. The van der Waals surface area contributed by atoms with Crippen LogP contribution in [-0.4, -0.2) is 32.8 Å². The van der Waals surface area contributed by atoms with Crippen LogP contribution < -0.4 is 10.1 Å². The van der Waals surface area contributed by atoms with Gasteiger partial charge in [0, 0.05) is 0 Å². The zero-order valence-corrected chi connectivity index (χ0v) is 11.8. The molecule has 1 rings (SSSR count). The lowest BCUT2D eigenvalue weighted by atomic mass is 10.2. The first-order valence-corrected chi connectivity index (χ1v) is 6.79. The van der Waals surface area contributed by atoms with E-state index in [0.717, 1.165) is 32.4 Å². The summed E-state index contributed by atoms with van der Waals surface area (Å²) in [6.07, 6.45) is 3.26. The minimum Gasteiger partial charge on any atom is -0.494 e. The molecule has 1 N–H and O–H groups in total. The molecule has 0 heterocycles. The van der Waals surface area contributed by atoms with Gasteiger partial charge >= 0.3 is 5.97 Å². The average molecular weight is 265 g/mol. The molecule has 4 nitrogen and oxygen atoms in total. The van der Waals surface area contributed by atoms with Crippen LogP contribution in [0.4, 0.5) is 0 Å². The van der Waals surface area contributed by atoms with Crippen molar-refractivity contribution in [2.45, 2.75) is 26.2 Å². The third-order valence-electron chi connectivity index (χ3n) is 2.70. The fourth-order valence-electron chi connectivity index (χ4n) is 1.67. The highest BCUT2D eigenvalue weighted by Crippen LogP contribution is 2.14. The predicted molar refractivity (Wildman–Crippen MR) is 75.7 cm³/mol. The lowest BCUT2D eigenvalue weighted by Gasteiger charge is -2.07. The number of esters is 1. The van der Waals surface area contributed by atoms with E-state index in [1.54, 1.807) is 18.2 Å². The molecule has 0 unspecified atom stereocenters. The van der Waals surface area contributed by atoms with E-state index in [9.17, 15) is 4.79 Å². The van der Waals surface area contributed by atoms with Crippen LogP contribution in [0.25, 0.3) is 0 Å². The second-order valence-corrected chi connectivity index (χ2v) is 4.32. The van der Waals surface area contributed by atoms with Crippen molar-refractivity contribution in [1.82, 2.24) is 5.32 Å². The van der Waals surface area contributed by atoms with Gasteiger partial charge in [-0.2, -0.15) is 0 Å². The van der Waals surface area contributed by atoms with E-state index in [1.807, 2.05) is 6.07 Å². The third kappa shape index (κ3) is 6.25. The molecule has 0 bridgehead atoms. The van der Waals surface area contributed by atoms with Gasteiger partial charge in [-0.15, -0.1) is 0 Å². The molecule has 0 amide bonds. The second kappa shape index (κ2) is 9.39. The molecule has 0 spiro atoms. The van der Waals surface area contributed by atoms with Gasteiger partial charge in [0.25, 0.3) is 0 Å². The number of carbonyl (C=O) groups excluding carboxylic acids is 1. The summed E-state index contributed by atoms with van der Waals surface area (Å²) in [5.41, 5.74) is 0.518. The van der Waals surface area contributed by atoms with Crippen molar-refractivity contribution < 1.29 is 14.3 Å². The summed E-state index contributed by atoms with van der Waals surface area (Å²) in [4.78, 5) is 11.4. The smallest absolute Gasteiger partial charge is 0.337 e. The summed E-state index contributed by atoms with van der Waals surface area (Å²) in [6.45, 7) is 4.92. The van der Waals surface area contributed by atoms with E-state index in [1.165, 1.54) is 7.11 Å². The van der Waals surface area contributed by atoms with Gasteiger partial charge in [-0.25, -0.2) is 4.79 Å².